The molecule has 0 spiro atoms. The summed E-state index contributed by atoms with van der Waals surface area (Å²) in [5.74, 6) is 1.04. The van der Waals surface area contributed by atoms with Crippen LogP contribution < -0.4 is 5.73 Å². The number of hydrogen-bond acceptors (Lipinski definition) is 5. The van der Waals surface area contributed by atoms with Crippen LogP contribution in [0.5, 0.6) is 0 Å². The molecule has 0 amide bonds. The Kier molecular flexibility index (Phi) is 3.73. The summed E-state index contributed by atoms with van der Waals surface area (Å²) >= 11 is 0. The van der Waals surface area contributed by atoms with E-state index in [9.17, 15) is 5.11 Å². The van der Waals surface area contributed by atoms with Gasteiger partial charge in [-0.15, -0.1) is 0 Å². The predicted molar refractivity (Wildman–Crippen MR) is 90.0 cm³/mol. The van der Waals surface area contributed by atoms with Crippen LogP contribution in [0.3, 0.4) is 0 Å². The average molecular weight is 315 g/mol. The summed E-state index contributed by atoms with van der Waals surface area (Å²) in [5.41, 5.74) is 6.75. The van der Waals surface area contributed by atoms with Crippen LogP contribution in [0.2, 0.25) is 0 Å². The third-order valence-electron chi connectivity index (χ3n) is 5.74. The normalized spacial score (nSPS) is 28.6. The van der Waals surface area contributed by atoms with Gasteiger partial charge in [-0.1, -0.05) is 6.42 Å². The van der Waals surface area contributed by atoms with Crippen LogP contribution in [0.4, 0.5) is 5.82 Å². The molecule has 3 atom stereocenters. The maximum atomic E-state index is 10.6. The van der Waals surface area contributed by atoms with E-state index in [-0.39, 0.29) is 12.1 Å². The van der Waals surface area contributed by atoms with Crippen LogP contribution in [-0.4, -0.2) is 50.3 Å². The Bertz CT molecular complexity index is 695. The molecule has 124 valence electrons. The van der Waals surface area contributed by atoms with E-state index >= 15 is 0 Å². The fourth-order valence-corrected chi connectivity index (χ4v) is 4.18. The number of aliphatic hydroxyl groups excluding tert-OH is 1. The van der Waals surface area contributed by atoms with Crippen LogP contribution in [0.25, 0.3) is 11.0 Å². The Morgan fingerprint density at radius 1 is 1.35 bits per heavy atom. The lowest BCUT2D eigenvalue weighted by molar-refractivity contribution is 0.123. The molecule has 2 saturated carbocycles. The topological polar surface area (TPSA) is 80.2 Å². The second-order valence-electron chi connectivity index (χ2n) is 7.22. The summed E-state index contributed by atoms with van der Waals surface area (Å²) in [4.78, 5) is 10.9. The highest BCUT2D eigenvalue weighted by Gasteiger charge is 2.36. The minimum Gasteiger partial charge on any atom is -0.391 e. The van der Waals surface area contributed by atoms with Gasteiger partial charge >= 0.3 is 0 Å². The van der Waals surface area contributed by atoms with Gasteiger partial charge in [-0.2, -0.15) is 0 Å². The third kappa shape index (κ3) is 2.60. The van der Waals surface area contributed by atoms with Gasteiger partial charge in [-0.3, -0.25) is 0 Å². The number of aromatic nitrogens is 3. The van der Waals surface area contributed by atoms with Crippen molar-refractivity contribution in [3.8, 4) is 0 Å². The Morgan fingerprint density at radius 3 is 2.91 bits per heavy atom. The smallest absolute Gasteiger partial charge is 0.145 e. The van der Waals surface area contributed by atoms with E-state index < -0.39 is 0 Å². The van der Waals surface area contributed by atoms with E-state index in [4.69, 9.17) is 5.73 Å². The highest BCUT2D eigenvalue weighted by atomic mass is 16.3. The van der Waals surface area contributed by atoms with E-state index in [1.54, 1.807) is 0 Å². The molecule has 4 rings (SSSR count). The summed E-state index contributed by atoms with van der Waals surface area (Å²) in [7, 11) is 2.22. The number of nitrogens with two attached hydrogens (primary N) is 1. The van der Waals surface area contributed by atoms with Gasteiger partial charge in [0.15, 0.2) is 0 Å². The van der Waals surface area contributed by atoms with Crippen LogP contribution >= 0.6 is 0 Å². The summed E-state index contributed by atoms with van der Waals surface area (Å²) < 4.78 is 2.08. The Labute approximate surface area is 136 Å². The maximum Gasteiger partial charge on any atom is 0.145 e. The molecule has 2 heterocycles. The van der Waals surface area contributed by atoms with E-state index in [0.29, 0.717) is 11.7 Å². The van der Waals surface area contributed by atoms with Crippen molar-refractivity contribution in [3.63, 3.8) is 0 Å². The number of rotatable bonds is 4. The van der Waals surface area contributed by atoms with Crippen molar-refractivity contribution < 1.29 is 5.11 Å². The van der Waals surface area contributed by atoms with Crippen molar-refractivity contribution in [2.75, 3.05) is 19.3 Å². The van der Waals surface area contributed by atoms with Gasteiger partial charge in [-0.05, 0) is 44.7 Å². The van der Waals surface area contributed by atoms with E-state index in [2.05, 4.69) is 26.5 Å². The number of hydrogen-bond donors (Lipinski definition) is 2. The molecule has 2 aliphatic rings. The van der Waals surface area contributed by atoms with Gasteiger partial charge < -0.3 is 20.3 Å². The quantitative estimate of drug-likeness (QED) is 0.899. The molecular formula is C17H25N5O. The molecule has 23 heavy (non-hydrogen) atoms. The van der Waals surface area contributed by atoms with Crippen LogP contribution in [0, 0.1) is 5.92 Å². The highest BCUT2D eigenvalue weighted by molar-refractivity contribution is 5.86. The Balaban J connectivity index is 1.51. The number of fused-ring (bicyclic) bond motifs is 1. The highest BCUT2D eigenvalue weighted by Crippen LogP contribution is 2.38. The zero-order chi connectivity index (χ0) is 16.0. The lowest BCUT2D eigenvalue weighted by Gasteiger charge is -2.36. The molecular weight excluding hydrogens is 290 g/mol. The van der Waals surface area contributed by atoms with Gasteiger partial charge in [-0.25, -0.2) is 9.97 Å². The molecule has 0 bridgehead atoms. The van der Waals surface area contributed by atoms with Crippen LogP contribution in [0.1, 0.15) is 38.1 Å². The third-order valence-corrected chi connectivity index (χ3v) is 5.74. The molecule has 3 N–H and O–H groups in total. The number of nitrogens with zero attached hydrogens (tertiary/aromatic N) is 4. The molecule has 0 aliphatic heterocycles. The monoisotopic (exact) mass is 315 g/mol. The number of nitrogen functional groups attached to an aromatic ring is 1. The van der Waals surface area contributed by atoms with Crippen molar-refractivity contribution in [1.29, 1.82) is 0 Å². The lowest BCUT2D eigenvalue weighted by Crippen LogP contribution is -2.39. The summed E-state index contributed by atoms with van der Waals surface area (Å²) in [6.07, 6.45) is 9.04. The zero-order valence-electron chi connectivity index (χ0n) is 13.6. The van der Waals surface area contributed by atoms with Gasteiger partial charge in [0.25, 0.3) is 0 Å². The van der Waals surface area contributed by atoms with Crippen molar-refractivity contribution in [2.45, 2.75) is 50.3 Å². The van der Waals surface area contributed by atoms with Gasteiger partial charge in [0.1, 0.15) is 17.8 Å². The van der Waals surface area contributed by atoms with Gasteiger partial charge in [0, 0.05) is 18.8 Å². The van der Waals surface area contributed by atoms with E-state index in [0.717, 1.165) is 36.5 Å². The van der Waals surface area contributed by atoms with Gasteiger partial charge in [0.05, 0.1) is 17.5 Å². The minimum atomic E-state index is -0.318. The van der Waals surface area contributed by atoms with E-state index in [1.165, 1.54) is 25.6 Å². The molecule has 0 radical (unpaired) electrons. The molecule has 0 aromatic carbocycles. The lowest BCUT2D eigenvalue weighted by atomic mass is 9.91. The van der Waals surface area contributed by atoms with Crippen molar-refractivity contribution >= 4 is 16.9 Å². The molecule has 2 fully saturated rings. The average Bonchev–Trinajstić information content (AvgIpc) is 3.01. The largest absolute Gasteiger partial charge is 0.391 e. The fraction of sp³-hybridized carbons (Fsp3) is 0.647. The predicted octanol–water partition coefficient (Wildman–Crippen LogP) is 1.81. The molecule has 6 nitrogen and oxygen atoms in total. The number of aliphatic hydroxyl groups is 1. The summed E-state index contributed by atoms with van der Waals surface area (Å²) in [6.45, 7) is 1.08. The molecule has 2 aromatic rings. The first-order valence-corrected chi connectivity index (χ1v) is 8.59. The van der Waals surface area contributed by atoms with Gasteiger partial charge in [0.2, 0.25) is 0 Å². The second-order valence-corrected chi connectivity index (χ2v) is 7.22. The van der Waals surface area contributed by atoms with Crippen molar-refractivity contribution in [3.05, 3.63) is 18.6 Å². The van der Waals surface area contributed by atoms with Crippen molar-refractivity contribution in [2.24, 2.45) is 5.92 Å². The molecule has 6 heteroatoms. The maximum absolute atomic E-state index is 10.6. The van der Waals surface area contributed by atoms with Crippen molar-refractivity contribution in [1.82, 2.24) is 19.4 Å². The SMILES string of the molecule is CN(CC1CC(O)C(n2ccc3c(N)ncnc32)C1)C1CCC1. The first-order chi connectivity index (χ1) is 11.1. The zero-order valence-corrected chi connectivity index (χ0v) is 13.6. The first-order valence-electron chi connectivity index (χ1n) is 8.59. The molecule has 0 saturated heterocycles. The van der Waals surface area contributed by atoms with E-state index in [1.807, 2.05) is 12.3 Å². The fourth-order valence-electron chi connectivity index (χ4n) is 4.18. The Hall–Kier alpha value is -1.66. The summed E-state index contributed by atoms with van der Waals surface area (Å²) in [6, 6.07) is 2.79. The number of anilines is 1. The second kappa shape index (κ2) is 5.76. The molecule has 2 aliphatic carbocycles. The Morgan fingerprint density at radius 2 is 2.17 bits per heavy atom. The molecule has 2 aromatic heterocycles. The first kappa shape index (κ1) is 14.9. The van der Waals surface area contributed by atoms with Crippen LogP contribution in [0.15, 0.2) is 18.6 Å². The van der Waals surface area contributed by atoms with Crippen LogP contribution in [-0.2, 0) is 0 Å². The standard InChI is InChI=1S/C17H25N5O/c1-21(12-3-2-4-12)9-11-7-14(15(23)8-11)22-6-5-13-16(18)19-10-20-17(13)22/h5-6,10-12,14-15,23H,2-4,7-9H2,1H3,(H2,18,19,20). The minimum absolute atomic E-state index is 0.0848. The molecule has 3 unspecified atom stereocenters. The summed E-state index contributed by atoms with van der Waals surface area (Å²) in [5, 5.41) is 11.4.